The number of nitrogens with two attached hydrogens (primary N) is 1. The van der Waals surface area contributed by atoms with Gasteiger partial charge in [-0.3, -0.25) is 4.79 Å². The standard InChI is InChI=1S/C15H20N4O2.ClH/c1-8-12-10(13(20)18-15(2,3)7-16)6-11(9-4-5-9)17-14(12)21-19-8;/h6,9H,4-5,7,16H2,1-3H3,(H,18,20);1H. The molecule has 0 aromatic carbocycles. The molecular weight excluding hydrogens is 304 g/mol. The van der Waals surface area contributed by atoms with E-state index in [1.165, 1.54) is 0 Å². The maximum absolute atomic E-state index is 12.6. The molecule has 0 atom stereocenters. The molecule has 2 heterocycles. The summed E-state index contributed by atoms with van der Waals surface area (Å²) in [5.74, 6) is 0.278. The van der Waals surface area contributed by atoms with Crippen LogP contribution in [0.5, 0.6) is 0 Å². The summed E-state index contributed by atoms with van der Waals surface area (Å²) in [5, 5.41) is 7.58. The molecule has 0 aliphatic heterocycles. The Kier molecular flexibility index (Phi) is 4.44. The number of fused-ring (bicyclic) bond motifs is 1. The highest BCUT2D eigenvalue weighted by Gasteiger charge is 2.29. The molecule has 3 N–H and O–H groups in total. The Bertz CT molecular complexity index is 707. The monoisotopic (exact) mass is 324 g/mol. The second kappa shape index (κ2) is 5.85. The summed E-state index contributed by atoms with van der Waals surface area (Å²) in [7, 11) is 0. The Morgan fingerprint density at radius 3 is 2.77 bits per heavy atom. The summed E-state index contributed by atoms with van der Waals surface area (Å²) in [5.41, 5.74) is 7.82. The fraction of sp³-hybridized carbons (Fsp3) is 0.533. The van der Waals surface area contributed by atoms with Gasteiger partial charge in [0.25, 0.3) is 11.6 Å². The van der Waals surface area contributed by atoms with Crippen molar-refractivity contribution in [1.29, 1.82) is 0 Å². The van der Waals surface area contributed by atoms with Crippen LogP contribution >= 0.6 is 12.4 Å². The molecule has 2 aromatic rings. The number of pyridine rings is 1. The molecule has 120 valence electrons. The number of carbonyl (C=O) groups excluding carboxylic acids is 1. The molecule has 1 amide bonds. The number of aryl methyl sites for hydroxylation is 1. The van der Waals surface area contributed by atoms with Crippen LogP contribution in [0.15, 0.2) is 10.6 Å². The Balaban J connectivity index is 0.00000176. The maximum atomic E-state index is 12.6. The van der Waals surface area contributed by atoms with Crippen molar-refractivity contribution >= 4 is 29.4 Å². The van der Waals surface area contributed by atoms with E-state index in [2.05, 4.69) is 15.5 Å². The minimum atomic E-state index is -0.461. The third-order valence-electron chi connectivity index (χ3n) is 3.84. The number of rotatable bonds is 4. The zero-order valence-electron chi connectivity index (χ0n) is 13.0. The fourth-order valence-corrected chi connectivity index (χ4v) is 2.31. The second-order valence-corrected chi connectivity index (χ2v) is 6.36. The highest BCUT2D eigenvalue weighted by atomic mass is 35.5. The van der Waals surface area contributed by atoms with E-state index in [-0.39, 0.29) is 18.3 Å². The number of carbonyl (C=O) groups is 1. The molecule has 0 spiro atoms. The fourth-order valence-electron chi connectivity index (χ4n) is 2.31. The molecular formula is C15H21ClN4O2. The van der Waals surface area contributed by atoms with Crippen molar-refractivity contribution in [3.8, 4) is 0 Å². The summed E-state index contributed by atoms with van der Waals surface area (Å²) < 4.78 is 5.25. The van der Waals surface area contributed by atoms with Crippen LogP contribution in [-0.2, 0) is 0 Å². The van der Waals surface area contributed by atoms with Crippen LogP contribution in [-0.4, -0.2) is 28.1 Å². The van der Waals surface area contributed by atoms with E-state index >= 15 is 0 Å². The van der Waals surface area contributed by atoms with E-state index in [0.717, 1.165) is 18.5 Å². The van der Waals surface area contributed by atoms with Crippen LogP contribution in [0.2, 0.25) is 0 Å². The van der Waals surface area contributed by atoms with Gasteiger partial charge in [-0.2, -0.15) is 0 Å². The van der Waals surface area contributed by atoms with Crippen LogP contribution in [0.1, 0.15) is 54.4 Å². The topological polar surface area (TPSA) is 94.0 Å². The molecule has 0 unspecified atom stereocenters. The van der Waals surface area contributed by atoms with Gasteiger partial charge in [-0.1, -0.05) is 5.16 Å². The zero-order chi connectivity index (χ0) is 15.2. The third-order valence-corrected chi connectivity index (χ3v) is 3.84. The van der Waals surface area contributed by atoms with Crippen molar-refractivity contribution < 1.29 is 9.32 Å². The Morgan fingerprint density at radius 2 is 2.18 bits per heavy atom. The van der Waals surface area contributed by atoms with E-state index in [4.69, 9.17) is 10.3 Å². The first kappa shape index (κ1) is 16.7. The Hall–Kier alpha value is -1.66. The van der Waals surface area contributed by atoms with Crippen molar-refractivity contribution in [2.24, 2.45) is 5.73 Å². The summed E-state index contributed by atoms with van der Waals surface area (Å²) >= 11 is 0. The number of amides is 1. The molecule has 2 aromatic heterocycles. The number of nitrogens with one attached hydrogen (secondary N) is 1. The van der Waals surface area contributed by atoms with Gasteiger partial charge in [0.2, 0.25) is 0 Å². The van der Waals surface area contributed by atoms with Gasteiger partial charge < -0.3 is 15.6 Å². The van der Waals surface area contributed by atoms with Crippen LogP contribution in [0.25, 0.3) is 11.1 Å². The van der Waals surface area contributed by atoms with E-state index < -0.39 is 5.54 Å². The van der Waals surface area contributed by atoms with Crippen molar-refractivity contribution in [2.45, 2.75) is 45.1 Å². The van der Waals surface area contributed by atoms with Crippen LogP contribution in [0.3, 0.4) is 0 Å². The molecule has 3 rings (SSSR count). The maximum Gasteiger partial charge on any atom is 0.259 e. The van der Waals surface area contributed by atoms with Crippen molar-refractivity contribution in [3.63, 3.8) is 0 Å². The lowest BCUT2D eigenvalue weighted by Crippen LogP contribution is -2.48. The van der Waals surface area contributed by atoms with E-state index in [1.54, 1.807) is 0 Å². The third kappa shape index (κ3) is 3.08. The van der Waals surface area contributed by atoms with Gasteiger partial charge in [0, 0.05) is 23.7 Å². The lowest BCUT2D eigenvalue weighted by Gasteiger charge is -2.24. The van der Waals surface area contributed by atoms with E-state index in [1.807, 2.05) is 26.8 Å². The summed E-state index contributed by atoms with van der Waals surface area (Å²) in [4.78, 5) is 17.1. The van der Waals surface area contributed by atoms with E-state index in [9.17, 15) is 4.79 Å². The van der Waals surface area contributed by atoms with Crippen LogP contribution in [0.4, 0.5) is 0 Å². The predicted molar refractivity (Wildman–Crippen MR) is 86.4 cm³/mol. The van der Waals surface area contributed by atoms with Gasteiger partial charge in [0.05, 0.1) is 16.6 Å². The first-order chi connectivity index (χ1) is 9.91. The van der Waals surface area contributed by atoms with Gasteiger partial charge in [-0.25, -0.2) is 4.98 Å². The van der Waals surface area contributed by atoms with Gasteiger partial charge >= 0.3 is 0 Å². The normalized spacial score (nSPS) is 14.7. The average molecular weight is 325 g/mol. The number of nitrogens with zero attached hydrogens (tertiary/aromatic N) is 2. The summed E-state index contributed by atoms with van der Waals surface area (Å²) in [6.07, 6.45) is 2.22. The largest absolute Gasteiger partial charge is 0.346 e. The molecule has 1 fully saturated rings. The first-order valence-corrected chi connectivity index (χ1v) is 7.21. The Morgan fingerprint density at radius 1 is 1.50 bits per heavy atom. The van der Waals surface area contributed by atoms with Crippen molar-refractivity contribution in [2.75, 3.05) is 6.54 Å². The van der Waals surface area contributed by atoms with Gasteiger partial charge in [0.1, 0.15) is 0 Å². The van der Waals surface area contributed by atoms with Gasteiger partial charge in [-0.05, 0) is 39.7 Å². The van der Waals surface area contributed by atoms with Crippen molar-refractivity contribution in [1.82, 2.24) is 15.5 Å². The minimum Gasteiger partial charge on any atom is -0.346 e. The molecule has 0 bridgehead atoms. The smallest absolute Gasteiger partial charge is 0.259 e. The lowest BCUT2D eigenvalue weighted by molar-refractivity contribution is 0.0917. The summed E-state index contributed by atoms with van der Waals surface area (Å²) in [6, 6.07) is 1.87. The van der Waals surface area contributed by atoms with Gasteiger partial charge in [0.15, 0.2) is 0 Å². The Labute approximate surface area is 135 Å². The van der Waals surface area contributed by atoms with Gasteiger partial charge in [-0.15, -0.1) is 12.4 Å². The zero-order valence-corrected chi connectivity index (χ0v) is 13.8. The van der Waals surface area contributed by atoms with Crippen molar-refractivity contribution in [3.05, 3.63) is 23.0 Å². The molecule has 6 nitrogen and oxygen atoms in total. The SMILES string of the molecule is Cc1noc2nc(C3CC3)cc(C(=O)NC(C)(C)CN)c12.Cl. The second-order valence-electron chi connectivity index (χ2n) is 6.36. The van der Waals surface area contributed by atoms with Crippen LogP contribution < -0.4 is 11.1 Å². The molecule has 1 aliphatic carbocycles. The van der Waals surface area contributed by atoms with E-state index in [0.29, 0.717) is 34.8 Å². The first-order valence-electron chi connectivity index (χ1n) is 7.21. The number of hydrogen-bond donors (Lipinski definition) is 2. The molecule has 7 heteroatoms. The number of aromatic nitrogens is 2. The van der Waals surface area contributed by atoms with Crippen LogP contribution in [0, 0.1) is 6.92 Å². The number of halogens is 1. The minimum absolute atomic E-state index is 0. The predicted octanol–water partition coefficient (Wildman–Crippen LogP) is 2.30. The highest BCUT2D eigenvalue weighted by Crippen LogP contribution is 2.40. The molecule has 0 radical (unpaired) electrons. The lowest BCUT2D eigenvalue weighted by atomic mass is 10.0. The molecule has 1 aliphatic rings. The number of hydrogen-bond acceptors (Lipinski definition) is 5. The molecule has 22 heavy (non-hydrogen) atoms. The molecule has 1 saturated carbocycles. The molecule has 0 saturated heterocycles. The summed E-state index contributed by atoms with van der Waals surface area (Å²) in [6.45, 7) is 5.97. The quantitative estimate of drug-likeness (QED) is 0.900. The highest BCUT2D eigenvalue weighted by molar-refractivity contribution is 6.06. The average Bonchev–Trinajstić information content (AvgIpc) is 3.22.